The van der Waals surface area contributed by atoms with Crippen molar-refractivity contribution in [3.05, 3.63) is 27.2 Å². The van der Waals surface area contributed by atoms with E-state index in [0.29, 0.717) is 12.0 Å². The second kappa shape index (κ2) is 4.34. The summed E-state index contributed by atoms with van der Waals surface area (Å²) in [5.74, 6) is 0.674. The highest BCUT2D eigenvalue weighted by Gasteiger charge is 2.20. The van der Waals surface area contributed by atoms with Gasteiger partial charge in [0.15, 0.2) is 0 Å². The summed E-state index contributed by atoms with van der Waals surface area (Å²) in [6.45, 7) is 4.52. The second-order valence-electron chi connectivity index (χ2n) is 4.46. The van der Waals surface area contributed by atoms with Crippen LogP contribution in [-0.4, -0.2) is 6.04 Å². The highest BCUT2D eigenvalue weighted by Crippen LogP contribution is 2.34. The van der Waals surface area contributed by atoms with Crippen LogP contribution in [0.1, 0.15) is 25.8 Å². The summed E-state index contributed by atoms with van der Waals surface area (Å²) in [4.78, 5) is 0. The predicted octanol–water partition coefficient (Wildman–Crippen LogP) is 4.49. The standard InChI is InChI=1S/C12H15BrClN/c1-7(2)11-4-3-8-5-10(14)9(13)6-12(8)15-11/h5-7,11,15H,3-4H2,1-2H3. The lowest BCUT2D eigenvalue weighted by atomic mass is 9.91. The van der Waals surface area contributed by atoms with Crippen molar-refractivity contribution in [1.82, 2.24) is 0 Å². The molecule has 1 unspecified atom stereocenters. The monoisotopic (exact) mass is 287 g/mol. The maximum atomic E-state index is 6.07. The number of anilines is 1. The molecule has 1 aliphatic rings. The van der Waals surface area contributed by atoms with Crippen molar-refractivity contribution in [2.75, 3.05) is 5.32 Å². The molecule has 15 heavy (non-hydrogen) atoms. The van der Waals surface area contributed by atoms with Gasteiger partial charge in [-0.1, -0.05) is 25.4 Å². The Bertz CT molecular complexity index is 376. The van der Waals surface area contributed by atoms with Crippen molar-refractivity contribution < 1.29 is 0 Å². The van der Waals surface area contributed by atoms with Crippen molar-refractivity contribution in [3.8, 4) is 0 Å². The fraction of sp³-hybridized carbons (Fsp3) is 0.500. The van der Waals surface area contributed by atoms with Gasteiger partial charge in [-0.15, -0.1) is 0 Å². The SMILES string of the molecule is CC(C)C1CCc2cc(Cl)c(Br)cc2N1. The van der Waals surface area contributed by atoms with Gasteiger partial charge in [0.1, 0.15) is 0 Å². The first kappa shape index (κ1) is 11.3. The average Bonchev–Trinajstić information content (AvgIpc) is 2.19. The summed E-state index contributed by atoms with van der Waals surface area (Å²) in [6, 6.07) is 4.74. The van der Waals surface area contributed by atoms with Crippen molar-refractivity contribution in [2.45, 2.75) is 32.7 Å². The number of rotatable bonds is 1. The van der Waals surface area contributed by atoms with E-state index in [2.05, 4.69) is 47.2 Å². The lowest BCUT2D eigenvalue weighted by Crippen LogP contribution is -2.30. The summed E-state index contributed by atoms with van der Waals surface area (Å²) in [7, 11) is 0. The molecule has 1 aliphatic heterocycles. The molecule has 1 aromatic carbocycles. The summed E-state index contributed by atoms with van der Waals surface area (Å²) < 4.78 is 0.972. The molecule has 0 saturated heterocycles. The molecule has 1 nitrogen and oxygen atoms in total. The Morgan fingerprint density at radius 3 is 2.87 bits per heavy atom. The first-order chi connectivity index (χ1) is 7.08. The Morgan fingerprint density at radius 1 is 1.47 bits per heavy atom. The average molecular weight is 289 g/mol. The lowest BCUT2D eigenvalue weighted by Gasteiger charge is -2.30. The van der Waals surface area contributed by atoms with E-state index >= 15 is 0 Å². The van der Waals surface area contributed by atoms with Gasteiger partial charge < -0.3 is 5.32 Å². The normalized spacial score (nSPS) is 19.9. The van der Waals surface area contributed by atoms with Crippen LogP contribution >= 0.6 is 27.5 Å². The van der Waals surface area contributed by atoms with Crippen LogP contribution in [0.2, 0.25) is 5.02 Å². The molecule has 0 fully saturated rings. The molecule has 82 valence electrons. The van der Waals surface area contributed by atoms with Gasteiger partial charge in [-0.2, -0.15) is 0 Å². The largest absolute Gasteiger partial charge is 0.382 e. The predicted molar refractivity (Wildman–Crippen MR) is 69.7 cm³/mol. The van der Waals surface area contributed by atoms with Crippen LogP contribution in [0.5, 0.6) is 0 Å². The minimum absolute atomic E-state index is 0.588. The number of fused-ring (bicyclic) bond motifs is 1. The number of aryl methyl sites for hydroxylation is 1. The van der Waals surface area contributed by atoms with E-state index < -0.39 is 0 Å². The topological polar surface area (TPSA) is 12.0 Å². The van der Waals surface area contributed by atoms with E-state index in [1.807, 2.05) is 0 Å². The molecule has 0 radical (unpaired) electrons. The number of nitrogens with one attached hydrogen (secondary N) is 1. The number of hydrogen-bond acceptors (Lipinski definition) is 1. The maximum absolute atomic E-state index is 6.07. The van der Waals surface area contributed by atoms with Crippen LogP contribution in [0.15, 0.2) is 16.6 Å². The Morgan fingerprint density at radius 2 is 2.20 bits per heavy atom. The third kappa shape index (κ3) is 2.31. The smallest absolute Gasteiger partial charge is 0.0552 e. The van der Waals surface area contributed by atoms with Crippen molar-refractivity contribution in [2.24, 2.45) is 5.92 Å². The minimum atomic E-state index is 0.588. The molecule has 0 aliphatic carbocycles. The third-order valence-corrected chi connectivity index (χ3v) is 4.21. The van der Waals surface area contributed by atoms with Gasteiger partial charge >= 0.3 is 0 Å². The van der Waals surface area contributed by atoms with Gasteiger partial charge in [0.25, 0.3) is 0 Å². The number of hydrogen-bond donors (Lipinski definition) is 1. The van der Waals surface area contributed by atoms with Crippen LogP contribution in [0.4, 0.5) is 5.69 Å². The molecule has 1 aromatic rings. The van der Waals surface area contributed by atoms with E-state index in [0.717, 1.165) is 15.9 Å². The van der Waals surface area contributed by atoms with Crippen molar-refractivity contribution in [3.63, 3.8) is 0 Å². The molecule has 0 spiro atoms. The van der Waals surface area contributed by atoms with Gasteiger partial charge in [-0.05, 0) is 52.4 Å². The first-order valence-corrected chi connectivity index (χ1v) is 6.49. The fourth-order valence-electron chi connectivity index (χ4n) is 2.01. The second-order valence-corrected chi connectivity index (χ2v) is 5.72. The summed E-state index contributed by atoms with van der Waals surface area (Å²) >= 11 is 9.53. The number of halogens is 2. The molecule has 1 heterocycles. The summed E-state index contributed by atoms with van der Waals surface area (Å²) in [6.07, 6.45) is 2.32. The van der Waals surface area contributed by atoms with Gasteiger partial charge in [-0.3, -0.25) is 0 Å². The van der Waals surface area contributed by atoms with Crippen LogP contribution in [0.25, 0.3) is 0 Å². The Kier molecular flexibility index (Phi) is 3.27. The van der Waals surface area contributed by atoms with E-state index in [4.69, 9.17) is 11.6 Å². The van der Waals surface area contributed by atoms with Crippen molar-refractivity contribution in [1.29, 1.82) is 0 Å². The molecule has 0 amide bonds. The Labute approximate surface area is 104 Å². The molecule has 0 saturated carbocycles. The molecule has 0 aromatic heterocycles. The molecule has 1 atom stereocenters. The van der Waals surface area contributed by atoms with E-state index in [9.17, 15) is 0 Å². The van der Waals surface area contributed by atoms with Gasteiger partial charge in [0.2, 0.25) is 0 Å². The quantitative estimate of drug-likeness (QED) is 0.803. The summed E-state index contributed by atoms with van der Waals surface area (Å²) in [5, 5.41) is 4.38. The highest BCUT2D eigenvalue weighted by molar-refractivity contribution is 9.10. The van der Waals surface area contributed by atoms with E-state index in [1.165, 1.54) is 17.7 Å². The first-order valence-electron chi connectivity index (χ1n) is 5.32. The highest BCUT2D eigenvalue weighted by atomic mass is 79.9. The van der Waals surface area contributed by atoms with Gasteiger partial charge in [0, 0.05) is 16.2 Å². The zero-order valence-electron chi connectivity index (χ0n) is 8.98. The van der Waals surface area contributed by atoms with Gasteiger partial charge in [-0.25, -0.2) is 0 Å². The van der Waals surface area contributed by atoms with Crippen LogP contribution in [0, 0.1) is 5.92 Å². The minimum Gasteiger partial charge on any atom is -0.382 e. The zero-order valence-corrected chi connectivity index (χ0v) is 11.3. The van der Waals surface area contributed by atoms with Crippen LogP contribution < -0.4 is 5.32 Å². The molecule has 3 heteroatoms. The molecule has 0 bridgehead atoms. The van der Waals surface area contributed by atoms with Crippen LogP contribution in [0.3, 0.4) is 0 Å². The third-order valence-electron chi connectivity index (χ3n) is 3.02. The molecular weight excluding hydrogens is 273 g/mol. The van der Waals surface area contributed by atoms with Crippen LogP contribution in [-0.2, 0) is 6.42 Å². The molecule has 2 rings (SSSR count). The van der Waals surface area contributed by atoms with E-state index in [-0.39, 0.29) is 0 Å². The fourth-order valence-corrected chi connectivity index (χ4v) is 2.54. The van der Waals surface area contributed by atoms with Gasteiger partial charge in [0.05, 0.1) is 5.02 Å². The maximum Gasteiger partial charge on any atom is 0.0552 e. The zero-order chi connectivity index (χ0) is 11.0. The van der Waals surface area contributed by atoms with E-state index in [1.54, 1.807) is 0 Å². The Balaban J connectivity index is 2.30. The van der Waals surface area contributed by atoms with Crippen molar-refractivity contribution >= 4 is 33.2 Å². The molecular formula is C12H15BrClN. The lowest BCUT2D eigenvalue weighted by molar-refractivity contribution is 0.483. The molecule has 1 N–H and O–H groups in total. The summed E-state index contributed by atoms with van der Waals surface area (Å²) in [5.41, 5.74) is 2.57. The Hall–Kier alpha value is -0.210. The number of benzene rings is 1.